The van der Waals surface area contributed by atoms with Crippen molar-refractivity contribution in [2.45, 2.75) is 19.3 Å². The lowest BCUT2D eigenvalue weighted by molar-refractivity contribution is -0.154. The Hall–Kier alpha value is -0.330. The third-order valence-electron chi connectivity index (χ3n) is 1.47. The van der Waals surface area contributed by atoms with Crippen LogP contribution in [-0.4, -0.2) is 26.6 Å². The number of aliphatic carboxylic acids is 2. The number of unbranched alkanes of at least 4 members (excludes halogenated alkanes) is 1. The quantitative estimate of drug-likeness (QED) is 0.335. The zero-order valence-corrected chi connectivity index (χ0v) is 8.65. The molecular weight excluding hydrogens is 275 g/mol. The van der Waals surface area contributed by atoms with Gasteiger partial charge < -0.3 is 10.2 Å². The highest BCUT2D eigenvalue weighted by Gasteiger charge is 2.24. The van der Waals surface area contributed by atoms with Crippen molar-refractivity contribution in [2.75, 3.05) is 4.43 Å². The zero-order valence-electron chi connectivity index (χ0n) is 6.49. The molecule has 12 heavy (non-hydrogen) atoms. The number of halogens is 1. The SMILES string of the molecule is O=C(O)C(CCCCI)C(=O)O. The monoisotopic (exact) mass is 286 g/mol. The summed E-state index contributed by atoms with van der Waals surface area (Å²) >= 11 is 2.17. The highest BCUT2D eigenvalue weighted by Crippen LogP contribution is 2.10. The van der Waals surface area contributed by atoms with Gasteiger partial charge in [0.15, 0.2) is 5.92 Å². The van der Waals surface area contributed by atoms with Gasteiger partial charge in [0.2, 0.25) is 0 Å². The van der Waals surface area contributed by atoms with Gasteiger partial charge in [-0.2, -0.15) is 0 Å². The molecule has 0 rings (SSSR count). The molecule has 0 bridgehead atoms. The first kappa shape index (κ1) is 11.7. The normalized spacial score (nSPS) is 10.2. The van der Waals surface area contributed by atoms with E-state index in [1.54, 1.807) is 0 Å². The van der Waals surface area contributed by atoms with Crippen molar-refractivity contribution >= 4 is 34.5 Å². The molecule has 0 aliphatic carbocycles. The molecule has 0 radical (unpaired) electrons. The minimum atomic E-state index is -1.24. The second kappa shape index (κ2) is 6.22. The maximum absolute atomic E-state index is 10.4. The summed E-state index contributed by atoms with van der Waals surface area (Å²) in [5, 5.41) is 16.9. The number of alkyl halides is 1. The molecule has 4 nitrogen and oxygen atoms in total. The van der Waals surface area contributed by atoms with Crippen molar-refractivity contribution in [1.29, 1.82) is 0 Å². The summed E-state index contributed by atoms with van der Waals surface area (Å²) in [6.45, 7) is 0. The fraction of sp³-hybridized carbons (Fsp3) is 0.714. The van der Waals surface area contributed by atoms with Crippen molar-refractivity contribution in [2.24, 2.45) is 5.92 Å². The Labute approximate surface area is 84.1 Å². The van der Waals surface area contributed by atoms with E-state index in [0.29, 0.717) is 6.42 Å². The van der Waals surface area contributed by atoms with Crippen molar-refractivity contribution in [3.8, 4) is 0 Å². The number of carboxylic acid groups (broad SMARTS) is 2. The van der Waals surface area contributed by atoms with E-state index in [0.717, 1.165) is 10.8 Å². The van der Waals surface area contributed by atoms with Crippen LogP contribution >= 0.6 is 22.6 Å². The van der Waals surface area contributed by atoms with Gasteiger partial charge in [0.05, 0.1) is 0 Å². The molecule has 0 aromatic carbocycles. The van der Waals surface area contributed by atoms with Crippen LogP contribution in [0.5, 0.6) is 0 Å². The van der Waals surface area contributed by atoms with Crippen LogP contribution in [0.1, 0.15) is 19.3 Å². The summed E-state index contributed by atoms with van der Waals surface area (Å²) in [6.07, 6.45) is 1.76. The third-order valence-corrected chi connectivity index (χ3v) is 2.24. The molecule has 2 N–H and O–H groups in total. The summed E-state index contributed by atoms with van der Waals surface area (Å²) < 4.78 is 0.934. The predicted octanol–water partition coefficient (Wildman–Crippen LogP) is 1.38. The number of carbonyl (C=O) groups is 2. The van der Waals surface area contributed by atoms with E-state index >= 15 is 0 Å². The van der Waals surface area contributed by atoms with Crippen LogP contribution in [0.2, 0.25) is 0 Å². The number of hydrogen-bond acceptors (Lipinski definition) is 2. The Bertz CT molecular complexity index is 155. The fourth-order valence-corrected chi connectivity index (χ4v) is 1.33. The van der Waals surface area contributed by atoms with Gasteiger partial charge in [-0.3, -0.25) is 9.59 Å². The Morgan fingerprint density at radius 2 is 1.67 bits per heavy atom. The second-order valence-electron chi connectivity index (χ2n) is 2.41. The van der Waals surface area contributed by atoms with Gasteiger partial charge in [0.25, 0.3) is 0 Å². The lowest BCUT2D eigenvalue weighted by Crippen LogP contribution is -2.23. The fourth-order valence-electron chi connectivity index (χ4n) is 0.796. The predicted molar refractivity (Wildman–Crippen MR) is 51.5 cm³/mol. The molecule has 0 fully saturated rings. The van der Waals surface area contributed by atoms with Crippen molar-refractivity contribution in [3.63, 3.8) is 0 Å². The average molecular weight is 286 g/mol. The standard InChI is InChI=1S/C7H11IO4/c8-4-2-1-3-5(6(9)10)7(11)12/h5H,1-4H2,(H,9,10)(H,11,12). The first-order chi connectivity index (χ1) is 5.59. The summed E-state index contributed by atoms with van der Waals surface area (Å²) in [4.78, 5) is 20.7. The van der Waals surface area contributed by atoms with E-state index in [1.807, 2.05) is 0 Å². The highest BCUT2D eigenvalue weighted by atomic mass is 127. The van der Waals surface area contributed by atoms with E-state index in [2.05, 4.69) is 22.6 Å². The first-order valence-corrected chi connectivity index (χ1v) is 5.13. The average Bonchev–Trinajstić information content (AvgIpc) is 1.96. The van der Waals surface area contributed by atoms with E-state index in [9.17, 15) is 9.59 Å². The van der Waals surface area contributed by atoms with Gasteiger partial charge in [0, 0.05) is 0 Å². The van der Waals surface area contributed by atoms with E-state index in [-0.39, 0.29) is 6.42 Å². The molecule has 0 aliphatic heterocycles. The van der Waals surface area contributed by atoms with Gasteiger partial charge in [-0.25, -0.2) is 0 Å². The van der Waals surface area contributed by atoms with Crippen LogP contribution in [0.3, 0.4) is 0 Å². The lowest BCUT2D eigenvalue weighted by atomic mass is 10.0. The molecule has 0 saturated carbocycles. The minimum absolute atomic E-state index is 0.230. The number of hydrogen-bond donors (Lipinski definition) is 2. The second-order valence-corrected chi connectivity index (χ2v) is 3.49. The Morgan fingerprint density at radius 3 is 2.00 bits per heavy atom. The van der Waals surface area contributed by atoms with Crippen LogP contribution in [0.15, 0.2) is 0 Å². The molecule has 0 heterocycles. The molecule has 0 aliphatic rings. The molecule has 0 saturated heterocycles. The van der Waals surface area contributed by atoms with Crippen LogP contribution in [0, 0.1) is 5.92 Å². The highest BCUT2D eigenvalue weighted by molar-refractivity contribution is 14.1. The van der Waals surface area contributed by atoms with Gasteiger partial charge >= 0.3 is 11.9 Å². The molecule has 0 atom stereocenters. The maximum atomic E-state index is 10.4. The minimum Gasteiger partial charge on any atom is -0.481 e. The van der Waals surface area contributed by atoms with Crippen LogP contribution in [0.4, 0.5) is 0 Å². The van der Waals surface area contributed by atoms with E-state index in [4.69, 9.17) is 10.2 Å². The van der Waals surface area contributed by atoms with Gasteiger partial charge in [-0.05, 0) is 17.3 Å². The first-order valence-electron chi connectivity index (χ1n) is 3.61. The summed E-state index contributed by atoms with van der Waals surface area (Å²) in [7, 11) is 0. The molecule has 0 aromatic heterocycles. The van der Waals surface area contributed by atoms with E-state index in [1.165, 1.54) is 0 Å². The summed E-state index contributed by atoms with van der Waals surface area (Å²) in [6, 6.07) is 0. The number of rotatable bonds is 6. The summed E-state index contributed by atoms with van der Waals surface area (Å²) in [5.41, 5.74) is 0. The van der Waals surface area contributed by atoms with E-state index < -0.39 is 17.9 Å². The van der Waals surface area contributed by atoms with Crippen LogP contribution in [-0.2, 0) is 9.59 Å². The molecule has 0 aromatic rings. The molecular formula is C7H11IO4. The van der Waals surface area contributed by atoms with Gasteiger partial charge in [-0.1, -0.05) is 29.0 Å². The molecule has 5 heteroatoms. The smallest absolute Gasteiger partial charge is 0.317 e. The largest absolute Gasteiger partial charge is 0.481 e. The summed E-state index contributed by atoms with van der Waals surface area (Å²) in [5.74, 6) is -3.71. The molecule has 70 valence electrons. The van der Waals surface area contributed by atoms with Crippen LogP contribution in [0.25, 0.3) is 0 Å². The van der Waals surface area contributed by atoms with Crippen molar-refractivity contribution in [3.05, 3.63) is 0 Å². The van der Waals surface area contributed by atoms with Gasteiger partial charge in [-0.15, -0.1) is 0 Å². The molecule has 0 spiro atoms. The zero-order chi connectivity index (χ0) is 9.56. The van der Waals surface area contributed by atoms with Crippen molar-refractivity contribution < 1.29 is 19.8 Å². The number of carboxylic acids is 2. The lowest BCUT2D eigenvalue weighted by Gasteiger charge is -2.05. The topological polar surface area (TPSA) is 74.6 Å². The Kier molecular flexibility index (Phi) is 6.04. The van der Waals surface area contributed by atoms with Gasteiger partial charge in [0.1, 0.15) is 0 Å². The Morgan fingerprint density at radius 1 is 1.17 bits per heavy atom. The van der Waals surface area contributed by atoms with Crippen molar-refractivity contribution in [1.82, 2.24) is 0 Å². The Balaban J connectivity index is 3.80. The molecule has 0 amide bonds. The van der Waals surface area contributed by atoms with Crippen LogP contribution < -0.4 is 0 Å². The third kappa shape index (κ3) is 4.53. The molecule has 0 unspecified atom stereocenters. The maximum Gasteiger partial charge on any atom is 0.317 e.